The smallest absolute Gasteiger partial charge is 0.273 e. The van der Waals surface area contributed by atoms with Crippen LogP contribution in [-0.2, 0) is 11.3 Å². The fraction of sp³-hybridized carbons (Fsp3) is 0.300. The number of non-ortho nitro benzene ring substituents is 1. The van der Waals surface area contributed by atoms with E-state index in [1.807, 2.05) is 0 Å². The standard InChI is InChI=1S/C10H13N3O4/c1-17-9-3-7(5-12-6-10(11)14)2-8(4-9)13(15)16/h2-4,12H,5-6H2,1H3,(H2,11,14). The molecule has 0 radical (unpaired) electrons. The SMILES string of the molecule is COc1cc(CNCC(N)=O)cc([N+](=O)[O-])c1. The molecule has 1 amide bonds. The number of benzene rings is 1. The minimum absolute atomic E-state index is 0.0189. The van der Waals surface area contributed by atoms with Crippen LogP contribution >= 0.6 is 0 Å². The van der Waals surface area contributed by atoms with Gasteiger partial charge in [0.15, 0.2) is 0 Å². The van der Waals surface area contributed by atoms with E-state index in [-0.39, 0.29) is 12.2 Å². The van der Waals surface area contributed by atoms with Gasteiger partial charge in [-0.3, -0.25) is 14.9 Å². The number of hydrogen-bond donors (Lipinski definition) is 2. The van der Waals surface area contributed by atoms with Gasteiger partial charge in [-0.25, -0.2) is 0 Å². The average Bonchev–Trinajstić information content (AvgIpc) is 2.28. The second-order valence-electron chi connectivity index (χ2n) is 3.37. The molecule has 1 aromatic rings. The van der Waals surface area contributed by atoms with E-state index in [4.69, 9.17) is 10.5 Å². The van der Waals surface area contributed by atoms with Crippen LogP contribution in [0.3, 0.4) is 0 Å². The molecule has 92 valence electrons. The summed E-state index contributed by atoms with van der Waals surface area (Å²) in [6, 6.07) is 4.40. The van der Waals surface area contributed by atoms with Gasteiger partial charge in [0, 0.05) is 12.6 Å². The molecule has 1 aromatic carbocycles. The summed E-state index contributed by atoms with van der Waals surface area (Å²) < 4.78 is 4.95. The van der Waals surface area contributed by atoms with Crippen LogP contribution in [0.15, 0.2) is 18.2 Å². The minimum Gasteiger partial charge on any atom is -0.496 e. The number of nitrogens with zero attached hydrogens (tertiary/aromatic N) is 1. The Labute approximate surface area is 97.7 Å². The first-order chi connectivity index (χ1) is 8.02. The van der Waals surface area contributed by atoms with E-state index < -0.39 is 10.8 Å². The molecule has 0 aliphatic carbocycles. The number of nitrogens with two attached hydrogens (primary N) is 1. The molecule has 0 bridgehead atoms. The molecule has 0 aliphatic heterocycles. The largest absolute Gasteiger partial charge is 0.496 e. The third-order valence-electron chi connectivity index (χ3n) is 2.03. The van der Waals surface area contributed by atoms with Crippen molar-refractivity contribution in [3.05, 3.63) is 33.9 Å². The summed E-state index contributed by atoms with van der Waals surface area (Å²) in [5.41, 5.74) is 5.55. The first-order valence-electron chi connectivity index (χ1n) is 4.84. The van der Waals surface area contributed by atoms with Gasteiger partial charge in [-0.05, 0) is 11.6 Å². The van der Waals surface area contributed by atoms with Crippen molar-refractivity contribution in [2.75, 3.05) is 13.7 Å². The van der Waals surface area contributed by atoms with E-state index in [0.29, 0.717) is 17.9 Å². The molecule has 0 heterocycles. The first kappa shape index (κ1) is 12.9. The van der Waals surface area contributed by atoms with Crippen molar-refractivity contribution in [2.45, 2.75) is 6.54 Å². The fourth-order valence-electron chi connectivity index (χ4n) is 1.30. The molecule has 0 aliphatic rings. The second-order valence-corrected chi connectivity index (χ2v) is 3.37. The van der Waals surface area contributed by atoms with E-state index >= 15 is 0 Å². The number of carbonyl (C=O) groups excluding carboxylic acids is 1. The number of ether oxygens (including phenoxy) is 1. The highest BCUT2D eigenvalue weighted by atomic mass is 16.6. The normalized spacial score (nSPS) is 9.94. The monoisotopic (exact) mass is 239 g/mol. The van der Waals surface area contributed by atoms with Crippen LogP contribution in [0, 0.1) is 10.1 Å². The lowest BCUT2D eigenvalue weighted by Gasteiger charge is -2.05. The number of rotatable bonds is 6. The second kappa shape index (κ2) is 5.80. The summed E-state index contributed by atoms with van der Waals surface area (Å²) in [6.45, 7) is 0.325. The number of amides is 1. The summed E-state index contributed by atoms with van der Waals surface area (Å²) in [7, 11) is 1.43. The summed E-state index contributed by atoms with van der Waals surface area (Å²) in [6.07, 6.45) is 0. The highest BCUT2D eigenvalue weighted by Gasteiger charge is 2.10. The lowest BCUT2D eigenvalue weighted by molar-refractivity contribution is -0.385. The van der Waals surface area contributed by atoms with Gasteiger partial charge in [0.05, 0.1) is 24.6 Å². The van der Waals surface area contributed by atoms with E-state index in [9.17, 15) is 14.9 Å². The maximum atomic E-state index is 10.7. The summed E-state index contributed by atoms with van der Waals surface area (Å²) in [4.78, 5) is 20.7. The first-order valence-corrected chi connectivity index (χ1v) is 4.84. The molecule has 0 saturated carbocycles. The topological polar surface area (TPSA) is 107 Å². The molecule has 17 heavy (non-hydrogen) atoms. The Kier molecular flexibility index (Phi) is 4.41. The Balaban J connectivity index is 2.80. The number of primary amides is 1. The highest BCUT2D eigenvalue weighted by molar-refractivity contribution is 5.75. The molecular weight excluding hydrogens is 226 g/mol. The predicted molar refractivity (Wildman–Crippen MR) is 60.5 cm³/mol. The van der Waals surface area contributed by atoms with Gasteiger partial charge < -0.3 is 15.8 Å². The summed E-state index contributed by atoms with van der Waals surface area (Å²) in [5, 5.41) is 13.4. The van der Waals surface area contributed by atoms with E-state index in [0.717, 1.165) is 0 Å². The molecule has 0 fully saturated rings. The third kappa shape index (κ3) is 4.07. The number of nitro benzene ring substituents is 1. The maximum absolute atomic E-state index is 10.7. The number of nitrogens with one attached hydrogen (secondary N) is 1. The van der Waals surface area contributed by atoms with Gasteiger partial charge in [0.1, 0.15) is 5.75 Å². The molecule has 0 spiro atoms. The summed E-state index contributed by atoms with van der Waals surface area (Å²) in [5.74, 6) is -0.0857. The van der Waals surface area contributed by atoms with Gasteiger partial charge in [0.25, 0.3) is 5.69 Å². The van der Waals surface area contributed by atoms with Crippen LogP contribution in [0.1, 0.15) is 5.56 Å². The third-order valence-corrected chi connectivity index (χ3v) is 2.03. The van der Waals surface area contributed by atoms with Crippen LogP contribution in [-0.4, -0.2) is 24.5 Å². The van der Waals surface area contributed by atoms with Gasteiger partial charge in [-0.2, -0.15) is 0 Å². The number of hydrogen-bond acceptors (Lipinski definition) is 5. The van der Waals surface area contributed by atoms with E-state index in [1.54, 1.807) is 6.07 Å². The zero-order valence-corrected chi connectivity index (χ0v) is 9.30. The zero-order chi connectivity index (χ0) is 12.8. The molecule has 0 atom stereocenters. The van der Waals surface area contributed by atoms with Gasteiger partial charge in [-0.15, -0.1) is 0 Å². The zero-order valence-electron chi connectivity index (χ0n) is 9.30. The quantitative estimate of drug-likeness (QED) is 0.543. The number of methoxy groups -OCH3 is 1. The van der Waals surface area contributed by atoms with Crippen molar-refractivity contribution in [2.24, 2.45) is 5.73 Å². The number of nitro groups is 1. The number of carbonyl (C=O) groups is 1. The van der Waals surface area contributed by atoms with Gasteiger partial charge >= 0.3 is 0 Å². The molecular formula is C10H13N3O4. The maximum Gasteiger partial charge on any atom is 0.273 e. The minimum atomic E-state index is -0.500. The molecule has 3 N–H and O–H groups in total. The van der Waals surface area contributed by atoms with Crippen molar-refractivity contribution >= 4 is 11.6 Å². The summed E-state index contributed by atoms with van der Waals surface area (Å²) >= 11 is 0. The molecule has 7 nitrogen and oxygen atoms in total. The molecule has 0 aromatic heterocycles. The fourth-order valence-corrected chi connectivity index (χ4v) is 1.30. The Bertz CT molecular complexity index is 434. The van der Waals surface area contributed by atoms with E-state index in [2.05, 4.69) is 5.32 Å². The van der Waals surface area contributed by atoms with Crippen molar-refractivity contribution in [1.29, 1.82) is 0 Å². The van der Waals surface area contributed by atoms with Gasteiger partial charge in [0.2, 0.25) is 5.91 Å². The lowest BCUT2D eigenvalue weighted by atomic mass is 10.2. The Hall–Kier alpha value is -2.15. The van der Waals surface area contributed by atoms with Crippen LogP contribution in [0.5, 0.6) is 5.75 Å². The molecule has 0 saturated heterocycles. The average molecular weight is 239 g/mol. The lowest BCUT2D eigenvalue weighted by Crippen LogP contribution is -2.28. The Morgan fingerprint density at radius 1 is 1.53 bits per heavy atom. The molecule has 1 rings (SSSR count). The predicted octanol–water partition coefficient (Wildman–Crippen LogP) is 0.178. The van der Waals surface area contributed by atoms with Crippen LogP contribution < -0.4 is 15.8 Å². The van der Waals surface area contributed by atoms with Crippen LogP contribution in [0.25, 0.3) is 0 Å². The van der Waals surface area contributed by atoms with Crippen LogP contribution in [0.4, 0.5) is 5.69 Å². The van der Waals surface area contributed by atoms with Gasteiger partial charge in [-0.1, -0.05) is 0 Å². The van der Waals surface area contributed by atoms with Crippen molar-refractivity contribution in [1.82, 2.24) is 5.32 Å². The molecule has 0 unspecified atom stereocenters. The highest BCUT2D eigenvalue weighted by Crippen LogP contribution is 2.22. The Morgan fingerprint density at radius 2 is 2.24 bits per heavy atom. The van der Waals surface area contributed by atoms with Crippen molar-refractivity contribution < 1.29 is 14.5 Å². The van der Waals surface area contributed by atoms with Crippen LogP contribution in [0.2, 0.25) is 0 Å². The van der Waals surface area contributed by atoms with E-state index in [1.165, 1.54) is 19.2 Å². The molecule has 7 heteroatoms. The van der Waals surface area contributed by atoms with Crippen molar-refractivity contribution in [3.8, 4) is 5.75 Å². The van der Waals surface area contributed by atoms with Crippen molar-refractivity contribution in [3.63, 3.8) is 0 Å². The Morgan fingerprint density at radius 3 is 2.76 bits per heavy atom.